The molecular formula is C18H15F3N4O2. The van der Waals surface area contributed by atoms with Crippen LogP contribution in [0, 0.1) is 18.3 Å². The van der Waals surface area contributed by atoms with Crippen LogP contribution in [0.25, 0.3) is 16.7 Å². The van der Waals surface area contributed by atoms with Gasteiger partial charge in [0, 0.05) is 19.4 Å². The summed E-state index contributed by atoms with van der Waals surface area (Å²) in [6, 6.07) is 7.90. The van der Waals surface area contributed by atoms with Gasteiger partial charge in [0.15, 0.2) is 6.79 Å². The summed E-state index contributed by atoms with van der Waals surface area (Å²) in [7, 11) is 1.47. The summed E-state index contributed by atoms with van der Waals surface area (Å²) in [6.45, 7) is 1.78. The van der Waals surface area contributed by atoms with Gasteiger partial charge < -0.3 is 15.2 Å². The van der Waals surface area contributed by atoms with Crippen molar-refractivity contribution in [1.29, 1.82) is 5.26 Å². The molecule has 0 unspecified atom stereocenters. The Morgan fingerprint density at radius 2 is 2.04 bits per heavy atom. The molecule has 0 aliphatic carbocycles. The third-order valence-electron chi connectivity index (χ3n) is 4.05. The Hall–Kier alpha value is -3.25. The van der Waals surface area contributed by atoms with Crippen molar-refractivity contribution >= 4 is 16.9 Å². The van der Waals surface area contributed by atoms with Gasteiger partial charge in [0.2, 0.25) is 0 Å². The molecule has 0 atom stereocenters. The first-order valence-electron chi connectivity index (χ1n) is 7.78. The molecule has 2 heterocycles. The van der Waals surface area contributed by atoms with E-state index in [-0.39, 0.29) is 29.2 Å². The molecule has 0 radical (unpaired) electrons. The van der Waals surface area contributed by atoms with Gasteiger partial charge in [-0.25, -0.2) is 0 Å². The van der Waals surface area contributed by atoms with E-state index in [1.165, 1.54) is 11.7 Å². The number of nitrogen functional groups attached to an aromatic ring is 1. The first kappa shape index (κ1) is 18.5. The fraction of sp³-hybridized carbons (Fsp3) is 0.222. The number of hydrogen-bond acceptors (Lipinski definition) is 5. The molecule has 0 fully saturated rings. The summed E-state index contributed by atoms with van der Waals surface area (Å²) < 4.78 is 51.1. The number of methoxy groups -OCH3 is 1. The standard InChI is InChI=1S/C18H15F3N4O2/c1-10-3-4-12(27-9-26-2)6-14(10)25-15-5-11(18(19,20)21)8-24-16(15)13(7-22)17(25)23/h3-6,8H,9,23H2,1-2H3. The number of anilines is 1. The van der Waals surface area contributed by atoms with Crippen LogP contribution >= 0.6 is 0 Å². The second-order valence-electron chi connectivity index (χ2n) is 5.80. The van der Waals surface area contributed by atoms with Crippen LogP contribution in [0.15, 0.2) is 30.5 Å². The van der Waals surface area contributed by atoms with E-state index in [4.69, 9.17) is 15.2 Å². The Morgan fingerprint density at radius 1 is 1.30 bits per heavy atom. The number of hydrogen-bond donors (Lipinski definition) is 1. The maximum Gasteiger partial charge on any atom is 0.417 e. The van der Waals surface area contributed by atoms with E-state index >= 15 is 0 Å². The molecule has 0 saturated carbocycles. The molecule has 9 heteroatoms. The van der Waals surface area contributed by atoms with Crippen LogP contribution in [0.4, 0.5) is 19.0 Å². The monoisotopic (exact) mass is 376 g/mol. The molecule has 0 bridgehead atoms. The fourth-order valence-corrected chi connectivity index (χ4v) is 2.75. The number of alkyl halides is 3. The van der Waals surface area contributed by atoms with E-state index in [0.29, 0.717) is 17.6 Å². The van der Waals surface area contributed by atoms with Crippen LogP contribution in [-0.4, -0.2) is 23.5 Å². The lowest BCUT2D eigenvalue weighted by Gasteiger charge is -2.14. The van der Waals surface area contributed by atoms with Crippen molar-refractivity contribution in [2.45, 2.75) is 13.1 Å². The van der Waals surface area contributed by atoms with Gasteiger partial charge in [-0.15, -0.1) is 0 Å². The Balaban J connectivity index is 2.31. The molecule has 140 valence electrons. The highest BCUT2D eigenvalue weighted by molar-refractivity contribution is 5.91. The number of nitriles is 1. The number of nitrogens with zero attached hydrogens (tertiary/aromatic N) is 3. The molecule has 0 saturated heterocycles. The number of fused-ring (bicyclic) bond motifs is 1. The molecule has 2 N–H and O–H groups in total. The molecule has 0 aliphatic heterocycles. The minimum Gasteiger partial charge on any atom is -0.467 e. The van der Waals surface area contributed by atoms with Gasteiger partial charge in [-0.2, -0.15) is 18.4 Å². The third kappa shape index (κ3) is 3.27. The molecule has 0 amide bonds. The number of halogens is 3. The fourth-order valence-electron chi connectivity index (χ4n) is 2.75. The quantitative estimate of drug-likeness (QED) is 0.700. The van der Waals surface area contributed by atoms with Crippen LogP contribution in [-0.2, 0) is 10.9 Å². The van der Waals surface area contributed by atoms with Crippen molar-refractivity contribution in [3.63, 3.8) is 0 Å². The summed E-state index contributed by atoms with van der Waals surface area (Å²) in [4.78, 5) is 3.83. The van der Waals surface area contributed by atoms with Crippen molar-refractivity contribution in [3.8, 4) is 17.5 Å². The van der Waals surface area contributed by atoms with Crippen molar-refractivity contribution in [3.05, 3.63) is 47.2 Å². The van der Waals surface area contributed by atoms with Gasteiger partial charge in [0.05, 0.1) is 16.8 Å². The number of rotatable bonds is 4. The average Bonchev–Trinajstić information content (AvgIpc) is 2.90. The predicted octanol–water partition coefficient (Wildman–Crippen LogP) is 3.79. The predicted molar refractivity (Wildman–Crippen MR) is 92.4 cm³/mol. The van der Waals surface area contributed by atoms with E-state index in [0.717, 1.165) is 11.6 Å². The highest BCUT2D eigenvalue weighted by Gasteiger charge is 2.32. The Kier molecular flexibility index (Phi) is 4.68. The van der Waals surface area contributed by atoms with Crippen molar-refractivity contribution in [2.24, 2.45) is 0 Å². The van der Waals surface area contributed by atoms with E-state index in [1.54, 1.807) is 25.1 Å². The zero-order chi connectivity index (χ0) is 19.8. The topological polar surface area (TPSA) is 86.1 Å². The summed E-state index contributed by atoms with van der Waals surface area (Å²) in [5.41, 5.74) is 6.58. The van der Waals surface area contributed by atoms with Crippen LogP contribution in [0.1, 0.15) is 16.7 Å². The van der Waals surface area contributed by atoms with E-state index in [9.17, 15) is 18.4 Å². The molecule has 3 rings (SSSR count). The van der Waals surface area contributed by atoms with E-state index in [1.807, 2.05) is 6.07 Å². The number of aromatic nitrogens is 2. The molecular weight excluding hydrogens is 361 g/mol. The van der Waals surface area contributed by atoms with Crippen molar-refractivity contribution in [2.75, 3.05) is 19.6 Å². The van der Waals surface area contributed by atoms with Gasteiger partial charge in [-0.05, 0) is 24.6 Å². The first-order valence-corrected chi connectivity index (χ1v) is 7.78. The summed E-state index contributed by atoms with van der Waals surface area (Å²) in [5, 5.41) is 9.40. The Morgan fingerprint density at radius 3 is 2.67 bits per heavy atom. The van der Waals surface area contributed by atoms with E-state index < -0.39 is 11.7 Å². The van der Waals surface area contributed by atoms with Gasteiger partial charge >= 0.3 is 6.18 Å². The van der Waals surface area contributed by atoms with Gasteiger partial charge in [-0.3, -0.25) is 9.55 Å². The lowest BCUT2D eigenvalue weighted by atomic mass is 10.2. The maximum absolute atomic E-state index is 13.1. The highest BCUT2D eigenvalue weighted by atomic mass is 19.4. The van der Waals surface area contributed by atoms with Crippen LogP contribution < -0.4 is 10.5 Å². The number of nitrogens with two attached hydrogens (primary N) is 1. The first-order chi connectivity index (χ1) is 12.8. The molecule has 0 spiro atoms. The van der Waals surface area contributed by atoms with Gasteiger partial charge in [-0.1, -0.05) is 6.07 Å². The molecule has 2 aromatic heterocycles. The summed E-state index contributed by atoms with van der Waals surface area (Å²) in [5.74, 6) is 0.448. The molecule has 0 aliphatic rings. The third-order valence-corrected chi connectivity index (χ3v) is 4.05. The smallest absolute Gasteiger partial charge is 0.417 e. The number of pyridine rings is 1. The van der Waals surface area contributed by atoms with Crippen LogP contribution in [0.2, 0.25) is 0 Å². The zero-order valence-electron chi connectivity index (χ0n) is 14.5. The number of aryl methyl sites for hydroxylation is 1. The zero-order valence-corrected chi connectivity index (χ0v) is 14.5. The molecule has 27 heavy (non-hydrogen) atoms. The molecule has 1 aromatic carbocycles. The maximum atomic E-state index is 13.1. The van der Waals surface area contributed by atoms with Crippen LogP contribution in [0.5, 0.6) is 5.75 Å². The minimum absolute atomic E-state index is 0.00585. The summed E-state index contributed by atoms with van der Waals surface area (Å²) in [6.07, 6.45) is -3.88. The largest absolute Gasteiger partial charge is 0.467 e. The summed E-state index contributed by atoms with van der Waals surface area (Å²) >= 11 is 0. The minimum atomic E-state index is -4.57. The van der Waals surface area contributed by atoms with Gasteiger partial charge in [0.1, 0.15) is 28.7 Å². The van der Waals surface area contributed by atoms with Gasteiger partial charge in [0.25, 0.3) is 0 Å². The van der Waals surface area contributed by atoms with E-state index in [2.05, 4.69) is 4.98 Å². The highest BCUT2D eigenvalue weighted by Crippen LogP contribution is 2.36. The Labute approximate surface area is 152 Å². The lowest BCUT2D eigenvalue weighted by molar-refractivity contribution is -0.137. The second-order valence-corrected chi connectivity index (χ2v) is 5.80. The average molecular weight is 376 g/mol. The van der Waals surface area contributed by atoms with Crippen molar-refractivity contribution < 1.29 is 22.6 Å². The molecule has 6 nitrogen and oxygen atoms in total. The SMILES string of the molecule is COCOc1ccc(C)c(-n2c(N)c(C#N)c3ncc(C(F)(F)F)cc32)c1. The van der Waals surface area contributed by atoms with Crippen LogP contribution in [0.3, 0.4) is 0 Å². The number of ether oxygens (including phenoxy) is 2. The number of benzene rings is 1. The molecule has 3 aromatic rings. The second kappa shape index (κ2) is 6.81. The Bertz CT molecular complexity index is 1050. The van der Waals surface area contributed by atoms with Crippen molar-refractivity contribution in [1.82, 2.24) is 9.55 Å². The lowest BCUT2D eigenvalue weighted by Crippen LogP contribution is -2.07. The normalized spacial score (nSPS) is 11.6.